The van der Waals surface area contributed by atoms with Gasteiger partial charge in [-0.15, -0.1) is 4.91 Å². The smallest absolute Gasteiger partial charge is 0.0658 e. The summed E-state index contributed by atoms with van der Waals surface area (Å²) in [6.45, 7) is 1.52. The lowest BCUT2D eigenvalue weighted by molar-refractivity contribution is 0.218. The maximum absolute atomic E-state index is 9.73. The average molecular weight is 275 g/mol. The van der Waals surface area contributed by atoms with Gasteiger partial charge in [0.1, 0.15) is 0 Å². The summed E-state index contributed by atoms with van der Waals surface area (Å²) in [6, 6.07) is 0. The van der Waals surface area contributed by atoms with Gasteiger partial charge in [-0.2, -0.15) is 0 Å². The van der Waals surface area contributed by atoms with Crippen molar-refractivity contribution >= 4 is 31.9 Å². The van der Waals surface area contributed by atoms with Gasteiger partial charge in [0, 0.05) is 23.7 Å². The zero-order valence-electron chi connectivity index (χ0n) is 5.39. The molecule has 60 valence electrons. The van der Waals surface area contributed by atoms with E-state index in [-0.39, 0.29) is 0 Å². The average Bonchev–Trinajstić information content (AvgIpc) is 1.90. The molecule has 0 radical (unpaired) electrons. The third kappa shape index (κ3) is 5.13. The number of hydrogen-bond donors (Lipinski definition) is 1. The molecular weight excluding hydrogens is 266 g/mol. The first-order valence-corrected chi connectivity index (χ1v) is 5.04. The molecule has 6 heteroatoms. The molecule has 0 saturated carbocycles. The number of nitrogens with zero attached hydrogens (tertiary/aromatic N) is 2. The molecule has 4 nitrogen and oxygen atoms in total. The highest BCUT2D eigenvalue weighted by molar-refractivity contribution is 9.09. The fourth-order valence-electron chi connectivity index (χ4n) is 0.474. The first-order valence-electron chi connectivity index (χ1n) is 2.80. The highest BCUT2D eigenvalue weighted by Crippen LogP contribution is 1.89. The van der Waals surface area contributed by atoms with Gasteiger partial charge in [0.15, 0.2) is 0 Å². The highest BCUT2D eigenvalue weighted by atomic mass is 79.9. The van der Waals surface area contributed by atoms with E-state index in [9.17, 15) is 4.91 Å². The number of hydrazine groups is 1. The Balaban J connectivity index is 3.38. The molecule has 0 aliphatic rings. The van der Waals surface area contributed by atoms with Gasteiger partial charge >= 0.3 is 0 Å². The van der Waals surface area contributed by atoms with E-state index < -0.39 is 0 Å². The van der Waals surface area contributed by atoms with E-state index in [2.05, 4.69) is 42.7 Å². The van der Waals surface area contributed by atoms with Crippen molar-refractivity contribution in [2.24, 2.45) is 5.29 Å². The highest BCUT2D eigenvalue weighted by Gasteiger charge is 1.99. The largest absolute Gasteiger partial charge is 0.203 e. The van der Waals surface area contributed by atoms with Crippen LogP contribution in [-0.4, -0.2) is 28.8 Å². The first kappa shape index (κ1) is 10.3. The summed E-state index contributed by atoms with van der Waals surface area (Å²) in [5.74, 6) is 0. The van der Waals surface area contributed by atoms with Crippen LogP contribution in [0.5, 0.6) is 0 Å². The second-order valence-electron chi connectivity index (χ2n) is 1.56. The van der Waals surface area contributed by atoms with E-state index in [0.29, 0.717) is 0 Å². The predicted octanol–water partition coefficient (Wildman–Crippen LogP) is 1.26. The van der Waals surface area contributed by atoms with Crippen LogP contribution in [0.2, 0.25) is 0 Å². The molecule has 0 heterocycles. The predicted molar refractivity (Wildman–Crippen MR) is 48.1 cm³/mol. The molecule has 0 aliphatic carbocycles. The van der Waals surface area contributed by atoms with Gasteiger partial charge < -0.3 is 0 Å². The van der Waals surface area contributed by atoms with Crippen LogP contribution in [0.4, 0.5) is 0 Å². The van der Waals surface area contributed by atoms with Crippen LogP contribution >= 0.6 is 31.9 Å². The number of hydrogen-bond acceptors (Lipinski definition) is 3. The minimum Gasteiger partial charge on any atom is -0.203 e. The van der Waals surface area contributed by atoms with E-state index in [4.69, 9.17) is 0 Å². The Morgan fingerprint density at radius 1 is 1.30 bits per heavy atom. The standard InChI is InChI=1S/C4H9Br2N3O/c5-1-3-9(4-2-6)7-8-10/h1-4H2,(H,7,10). The maximum atomic E-state index is 9.73. The molecular formula is C4H9Br2N3O. The summed E-state index contributed by atoms with van der Waals surface area (Å²) in [5.41, 5.74) is 2.33. The lowest BCUT2D eigenvalue weighted by atomic mass is 10.6. The normalized spacial score (nSPS) is 9.90. The monoisotopic (exact) mass is 273 g/mol. The molecule has 0 bridgehead atoms. The number of alkyl halides is 2. The quantitative estimate of drug-likeness (QED) is 0.451. The molecule has 0 rings (SSSR count). The van der Waals surface area contributed by atoms with Crippen molar-refractivity contribution in [1.29, 1.82) is 0 Å². The second-order valence-corrected chi connectivity index (χ2v) is 3.14. The number of nitrogens with one attached hydrogen (secondary N) is 1. The Kier molecular flexibility index (Phi) is 7.66. The summed E-state index contributed by atoms with van der Waals surface area (Å²) < 4.78 is 0. The van der Waals surface area contributed by atoms with Gasteiger partial charge in [0.2, 0.25) is 0 Å². The maximum Gasteiger partial charge on any atom is 0.0658 e. The zero-order chi connectivity index (χ0) is 7.82. The minimum absolute atomic E-state index is 0.761. The van der Waals surface area contributed by atoms with E-state index in [0.717, 1.165) is 23.7 Å². The molecule has 0 saturated heterocycles. The second kappa shape index (κ2) is 7.43. The van der Waals surface area contributed by atoms with Gasteiger partial charge in [-0.05, 0) is 0 Å². The number of nitroso groups, excluding NO2 is 1. The van der Waals surface area contributed by atoms with Crippen molar-refractivity contribution in [3.05, 3.63) is 4.91 Å². The van der Waals surface area contributed by atoms with Crippen LogP contribution in [0.1, 0.15) is 0 Å². The van der Waals surface area contributed by atoms with Crippen molar-refractivity contribution in [3.8, 4) is 0 Å². The Labute approximate surface area is 76.5 Å². The number of halogens is 2. The van der Waals surface area contributed by atoms with E-state index in [1.54, 1.807) is 5.01 Å². The fourth-order valence-corrected chi connectivity index (χ4v) is 1.33. The Morgan fingerprint density at radius 2 is 1.80 bits per heavy atom. The van der Waals surface area contributed by atoms with Crippen LogP contribution in [0, 0.1) is 4.91 Å². The molecule has 0 amide bonds. The Morgan fingerprint density at radius 3 is 2.10 bits per heavy atom. The molecule has 0 fully saturated rings. The lowest BCUT2D eigenvalue weighted by Crippen LogP contribution is -2.36. The van der Waals surface area contributed by atoms with Crippen molar-refractivity contribution in [3.63, 3.8) is 0 Å². The van der Waals surface area contributed by atoms with Gasteiger partial charge in [-0.1, -0.05) is 31.9 Å². The molecule has 0 aliphatic heterocycles. The molecule has 0 atom stereocenters. The van der Waals surface area contributed by atoms with Gasteiger partial charge in [0.05, 0.1) is 5.29 Å². The first-order chi connectivity index (χ1) is 4.85. The van der Waals surface area contributed by atoms with E-state index in [1.165, 1.54) is 0 Å². The summed E-state index contributed by atoms with van der Waals surface area (Å²) in [6.07, 6.45) is 0. The van der Waals surface area contributed by atoms with Crippen LogP contribution in [0.25, 0.3) is 0 Å². The van der Waals surface area contributed by atoms with Crippen LogP contribution in [-0.2, 0) is 0 Å². The van der Waals surface area contributed by atoms with Crippen molar-refractivity contribution < 1.29 is 0 Å². The van der Waals surface area contributed by atoms with Gasteiger partial charge in [-0.25, -0.2) is 10.5 Å². The van der Waals surface area contributed by atoms with Crippen LogP contribution in [0.15, 0.2) is 5.29 Å². The zero-order valence-corrected chi connectivity index (χ0v) is 8.56. The molecule has 0 spiro atoms. The van der Waals surface area contributed by atoms with Crippen molar-refractivity contribution in [2.45, 2.75) is 0 Å². The fraction of sp³-hybridized carbons (Fsp3) is 1.00. The van der Waals surface area contributed by atoms with Crippen LogP contribution in [0.3, 0.4) is 0 Å². The summed E-state index contributed by atoms with van der Waals surface area (Å²) in [7, 11) is 0. The van der Waals surface area contributed by atoms with Gasteiger partial charge in [-0.3, -0.25) is 0 Å². The summed E-state index contributed by atoms with van der Waals surface area (Å²) in [4.78, 5) is 9.73. The molecule has 0 aromatic heterocycles. The Hall–Kier alpha value is 0.320. The molecule has 10 heavy (non-hydrogen) atoms. The topological polar surface area (TPSA) is 44.7 Å². The summed E-state index contributed by atoms with van der Waals surface area (Å²) >= 11 is 6.50. The minimum atomic E-state index is 0.761. The molecule has 0 aromatic carbocycles. The Bertz CT molecular complexity index is 86.6. The third-order valence-corrected chi connectivity index (χ3v) is 1.60. The molecule has 0 aromatic rings. The van der Waals surface area contributed by atoms with Crippen molar-refractivity contribution in [1.82, 2.24) is 10.5 Å². The third-order valence-electron chi connectivity index (χ3n) is 0.891. The van der Waals surface area contributed by atoms with E-state index in [1.807, 2.05) is 0 Å². The summed E-state index contributed by atoms with van der Waals surface area (Å²) in [5, 5.41) is 5.92. The van der Waals surface area contributed by atoms with Crippen molar-refractivity contribution in [2.75, 3.05) is 23.7 Å². The molecule has 0 unspecified atom stereocenters. The number of rotatable bonds is 6. The van der Waals surface area contributed by atoms with Crippen LogP contribution < -0.4 is 5.53 Å². The SMILES string of the molecule is O=NNN(CCBr)CCBr. The molecule has 1 N–H and O–H groups in total. The van der Waals surface area contributed by atoms with E-state index >= 15 is 0 Å². The van der Waals surface area contributed by atoms with Gasteiger partial charge in [0.25, 0.3) is 0 Å². The lowest BCUT2D eigenvalue weighted by Gasteiger charge is -2.15.